The summed E-state index contributed by atoms with van der Waals surface area (Å²) >= 11 is 1.49. The molecule has 0 heterocycles. The number of phenolic OH excluding ortho intramolecular Hbond substituents is 1. The molecule has 0 saturated heterocycles. The largest absolute Gasteiger partial charge is 0.508 e. The molecule has 53 heavy (non-hydrogen) atoms. The Morgan fingerprint density at radius 1 is 0.774 bits per heavy atom. The van der Waals surface area contributed by atoms with Crippen LogP contribution in [0.2, 0.25) is 0 Å². The van der Waals surface area contributed by atoms with Gasteiger partial charge in [0.25, 0.3) is 0 Å². The van der Waals surface area contributed by atoms with E-state index in [1.807, 2.05) is 36.6 Å². The van der Waals surface area contributed by atoms with Crippen molar-refractivity contribution in [3.8, 4) is 5.75 Å². The fourth-order valence-electron chi connectivity index (χ4n) is 8.51. The van der Waals surface area contributed by atoms with Gasteiger partial charge in [0.15, 0.2) is 0 Å². The third-order valence-corrected chi connectivity index (χ3v) is 11.1. The minimum Gasteiger partial charge on any atom is -0.508 e. The normalized spacial score (nSPS) is 23.2. The van der Waals surface area contributed by atoms with Crippen LogP contribution in [0.4, 0.5) is 4.79 Å². The number of phenols is 1. The van der Waals surface area contributed by atoms with E-state index < -0.39 is 54.1 Å². The predicted molar refractivity (Wildman–Crippen MR) is 204 cm³/mol. The van der Waals surface area contributed by atoms with Crippen LogP contribution in [0.1, 0.15) is 76.8 Å². The summed E-state index contributed by atoms with van der Waals surface area (Å²) in [5.41, 5.74) is 0.545. The molecule has 0 radical (unpaired) electrons. The molecular weight excluding hydrogens is 695 g/mol. The Hall–Kier alpha value is -4.26. The van der Waals surface area contributed by atoms with Gasteiger partial charge < -0.3 is 36.4 Å². The van der Waals surface area contributed by atoms with Gasteiger partial charge in [-0.25, -0.2) is 4.79 Å². The lowest BCUT2D eigenvalue weighted by Crippen LogP contribution is -2.63. The van der Waals surface area contributed by atoms with Crippen molar-refractivity contribution in [3.63, 3.8) is 0 Å². The number of rotatable bonds is 16. The molecule has 288 valence electrons. The minimum atomic E-state index is -1.10. The van der Waals surface area contributed by atoms with Crippen LogP contribution < -0.4 is 26.6 Å². The first-order valence-corrected chi connectivity index (χ1v) is 20.1. The fourth-order valence-corrected chi connectivity index (χ4v) is 8.98. The quantitative estimate of drug-likeness (QED) is 0.149. The van der Waals surface area contributed by atoms with Crippen molar-refractivity contribution >= 4 is 41.5 Å². The van der Waals surface area contributed by atoms with E-state index in [0.717, 1.165) is 24.8 Å². The molecule has 6 N–H and O–H groups in total. The van der Waals surface area contributed by atoms with E-state index in [9.17, 15) is 29.1 Å². The maximum Gasteiger partial charge on any atom is 0.408 e. The molecular formula is C40H55N5O7S. The zero-order valence-corrected chi connectivity index (χ0v) is 32.1. The second-order valence-corrected chi connectivity index (χ2v) is 17.1. The monoisotopic (exact) mass is 749 g/mol. The molecule has 4 aliphatic carbocycles. The Morgan fingerprint density at radius 2 is 1.34 bits per heavy atom. The van der Waals surface area contributed by atoms with Crippen LogP contribution in [-0.4, -0.2) is 82.6 Å². The van der Waals surface area contributed by atoms with E-state index in [-0.39, 0.29) is 30.0 Å². The number of benzene rings is 2. The van der Waals surface area contributed by atoms with Crippen molar-refractivity contribution in [1.29, 1.82) is 0 Å². The van der Waals surface area contributed by atoms with E-state index >= 15 is 0 Å². The van der Waals surface area contributed by atoms with Gasteiger partial charge in [-0.3, -0.25) is 19.2 Å². The first kappa shape index (κ1) is 39.9. The van der Waals surface area contributed by atoms with Gasteiger partial charge in [-0.2, -0.15) is 11.8 Å². The molecule has 4 bridgehead atoms. The number of hydrogen-bond acceptors (Lipinski definition) is 8. The number of carbonyl (C=O) groups is 5. The number of ether oxygens (including phenoxy) is 1. The molecule has 2 aromatic rings. The van der Waals surface area contributed by atoms with Gasteiger partial charge >= 0.3 is 6.09 Å². The van der Waals surface area contributed by atoms with Crippen molar-refractivity contribution < 1.29 is 33.8 Å². The van der Waals surface area contributed by atoms with Crippen molar-refractivity contribution in [3.05, 3.63) is 65.7 Å². The van der Waals surface area contributed by atoms with E-state index in [2.05, 4.69) is 26.6 Å². The van der Waals surface area contributed by atoms with E-state index in [1.54, 1.807) is 32.9 Å². The highest BCUT2D eigenvalue weighted by molar-refractivity contribution is 7.98. The smallest absolute Gasteiger partial charge is 0.408 e. The van der Waals surface area contributed by atoms with Gasteiger partial charge in [-0.15, -0.1) is 0 Å². The fraction of sp³-hybridized carbons (Fsp3) is 0.575. The number of aromatic hydroxyl groups is 1. The molecule has 0 aromatic heterocycles. The summed E-state index contributed by atoms with van der Waals surface area (Å²) in [5.74, 6) is 0.626. The number of nitrogens with one attached hydrogen (secondary N) is 5. The molecule has 2 aromatic carbocycles. The lowest BCUT2D eigenvalue weighted by Gasteiger charge is -2.57. The molecule has 0 aliphatic heterocycles. The number of carbonyl (C=O) groups excluding carboxylic acids is 5. The molecule has 3 atom stereocenters. The number of alkyl carbamates (subject to hydrolysis) is 1. The van der Waals surface area contributed by atoms with Crippen LogP contribution in [0.25, 0.3) is 0 Å². The van der Waals surface area contributed by atoms with E-state index in [1.165, 1.54) is 43.2 Å². The van der Waals surface area contributed by atoms with Crippen molar-refractivity contribution in [2.24, 2.45) is 17.8 Å². The Balaban J connectivity index is 1.22. The number of amides is 5. The van der Waals surface area contributed by atoms with Crippen LogP contribution in [0.3, 0.4) is 0 Å². The Kier molecular flexibility index (Phi) is 13.3. The average molecular weight is 750 g/mol. The van der Waals surface area contributed by atoms with Crippen molar-refractivity contribution in [2.75, 3.05) is 18.6 Å². The van der Waals surface area contributed by atoms with Crippen LogP contribution in [-0.2, 0) is 36.8 Å². The highest BCUT2D eigenvalue weighted by atomic mass is 32.2. The topological polar surface area (TPSA) is 175 Å². The third-order valence-electron chi connectivity index (χ3n) is 10.4. The van der Waals surface area contributed by atoms with E-state index in [4.69, 9.17) is 4.74 Å². The lowest BCUT2D eigenvalue weighted by molar-refractivity contribution is -0.133. The second kappa shape index (κ2) is 17.7. The molecule has 13 heteroatoms. The summed E-state index contributed by atoms with van der Waals surface area (Å²) in [5, 5.41) is 24.0. The molecule has 4 saturated carbocycles. The van der Waals surface area contributed by atoms with Gasteiger partial charge in [0.05, 0.1) is 6.54 Å². The van der Waals surface area contributed by atoms with Crippen LogP contribution in [0.15, 0.2) is 54.6 Å². The number of hydrogen-bond donors (Lipinski definition) is 6. The Morgan fingerprint density at radius 3 is 1.91 bits per heavy atom. The standard InChI is InChI=1S/C40H55N5O7S/c1-39(2,3)52-38(51)44-32(20-26-10-12-30(46)13-11-26)36(49)43-31(14-15-53-4)35(48)41-24-34(47)42-33(19-25-8-6-5-7-9-25)37(50)45-40-21-27-16-28(22-40)18-29(17-27)23-40/h5-13,27-29,31-33,46H,14-24H2,1-4H3,(H,41,48)(H,42,47)(H,43,49)(H,44,51)(H,45,50)/t27?,28?,29?,31-,32+,33+,40?/m1/s1. The lowest BCUT2D eigenvalue weighted by atomic mass is 9.53. The molecule has 5 amide bonds. The van der Waals surface area contributed by atoms with Gasteiger partial charge in [-0.1, -0.05) is 42.5 Å². The van der Waals surface area contributed by atoms with Gasteiger partial charge in [-0.05, 0) is 119 Å². The highest BCUT2D eigenvalue weighted by Gasteiger charge is 2.52. The molecule has 4 aliphatic rings. The SMILES string of the molecule is CSCC[C@@H](NC(=O)[C@H](Cc1ccc(O)cc1)NC(=O)OC(C)(C)C)C(=O)NCC(=O)N[C@@H](Cc1ccccc1)C(=O)NC12CC3CC(CC(C3)C1)C2. The molecule has 4 fully saturated rings. The summed E-state index contributed by atoms with van der Waals surface area (Å²) in [7, 11) is 0. The first-order valence-electron chi connectivity index (χ1n) is 18.7. The van der Waals surface area contributed by atoms with E-state index in [0.29, 0.717) is 35.5 Å². The second-order valence-electron chi connectivity index (χ2n) is 16.1. The summed E-state index contributed by atoms with van der Waals surface area (Å²) < 4.78 is 5.39. The van der Waals surface area contributed by atoms with Crippen molar-refractivity contribution in [2.45, 2.75) is 108 Å². The predicted octanol–water partition coefficient (Wildman–Crippen LogP) is 3.99. The first-order chi connectivity index (χ1) is 25.2. The minimum absolute atomic E-state index is 0.0577. The zero-order valence-electron chi connectivity index (χ0n) is 31.2. The summed E-state index contributed by atoms with van der Waals surface area (Å²) in [6.45, 7) is 4.73. The highest BCUT2D eigenvalue weighted by Crippen LogP contribution is 2.55. The summed E-state index contributed by atoms with van der Waals surface area (Å²) in [6.07, 6.45) is 8.42. The van der Waals surface area contributed by atoms with Crippen LogP contribution >= 0.6 is 11.8 Å². The average Bonchev–Trinajstić information content (AvgIpc) is 3.08. The third kappa shape index (κ3) is 11.9. The van der Waals surface area contributed by atoms with Gasteiger partial charge in [0, 0.05) is 18.4 Å². The Bertz CT molecular complexity index is 1560. The number of thioether (sulfide) groups is 1. The maximum absolute atomic E-state index is 13.9. The van der Waals surface area contributed by atoms with Crippen molar-refractivity contribution in [1.82, 2.24) is 26.6 Å². The summed E-state index contributed by atoms with van der Waals surface area (Å²) in [6, 6.07) is 12.8. The molecule has 0 unspecified atom stereocenters. The molecule has 12 nitrogen and oxygen atoms in total. The van der Waals surface area contributed by atoms with Crippen LogP contribution in [0, 0.1) is 17.8 Å². The Labute approximate surface area is 316 Å². The van der Waals surface area contributed by atoms with Gasteiger partial charge in [0.1, 0.15) is 29.5 Å². The maximum atomic E-state index is 13.9. The summed E-state index contributed by atoms with van der Waals surface area (Å²) in [4.78, 5) is 67.1. The zero-order chi connectivity index (χ0) is 38.2. The molecule has 6 rings (SSSR count). The van der Waals surface area contributed by atoms with Crippen LogP contribution in [0.5, 0.6) is 5.75 Å². The van der Waals surface area contributed by atoms with Gasteiger partial charge in [0.2, 0.25) is 23.6 Å². The molecule has 0 spiro atoms.